The lowest BCUT2D eigenvalue weighted by molar-refractivity contribution is -0.153. The van der Waals surface area contributed by atoms with Gasteiger partial charge in [-0.25, -0.2) is 4.98 Å². The van der Waals surface area contributed by atoms with Gasteiger partial charge in [-0.15, -0.1) is 0 Å². The van der Waals surface area contributed by atoms with Crippen LogP contribution >= 0.6 is 0 Å². The van der Waals surface area contributed by atoms with Gasteiger partial charge in [0.1, 0.15) is 6.04 Å². The van der Waals surface area contributed by atoms with E-state index in [0.29, 0.717) is 24.6 Å². The average Bonchev–Trinajstić information content (AvgIpc) is 3.23. The normalized spacial score (nSPS) is 17.7. The fraction of sp³-hybridized carbons (Fsp3) is 0.231. The fourth-order valence-electron chi connectivity index (χ4n) is 4.46. The van der Waals surface area contributed by atoms with E-state index in [0.717, 1.165) is 16.6 Å². The third-order valence-electron chi connectivity index (χ3n) is 5.94. The summed E-state index contributed by atoms with van der Waals surface area (Å²) in [5.74, 6) is -1.40. The van der Waals surface area contributed by atoms with Crippen molar-refractivity contribution < 1.29 is 14.3 Å². The molecule has 0 fully saturated rings. The molecule has 7 heteroatoms. The molecule has 166 valence electrons. The first-order valence-electron chi connectivity index (χ1n) is 11.1. The number of amides is 1. The van der Waals surface area contributed by atoms with Crippen molar-refractivity contribution in [3.63, 3.8) is 0 Å². The zero-order chi connectivity index (χ0) is 22.8. The van der Waals surface area contributed by atoms with E-state index in [1.54, 1.807) is 18.0 Å². The maximum atomic E-state index is 13.8. The van der Waals surface area contributed by atoms with E-state index in [4.69, 9.17) is 9.72 Å². The number of benzene rings is 2. The Kier molecular flexibility index (Phi) is 5.60. The minimum absolute atomic E-state index is 0.194. The molecule has 0 unspecified atom stereocenters. The van der Waals surface area contributed by atoms with Crippen molar-refractivity contribution in [3.05, 3.63) is 90.3 Å². The first kappa shape index (κ1) is 20.9. The molecule has 1 aliphatic rings. The lowest BCUT2D eigenvalue weighted by atomic mass is 9.92. The smallest absolute Gasteiger partial charge is 0.321 e. The van der Waals surface area contributed by atoms with Crippen LogP contribution in [0.15, 0.2) is 79.0 Å². The second-order valence-electron chi connectivity index (χ2n) is 7.93. The second kappa shape index (κ2) is 8.86. The third kappa shape index (κ3) is 3.75. The molecule has 0 saturated carbocycles. The van der Waals surface area contributed by atoms with E-state index < -0.39 is 17.9 Å². The van der Waals surface area contributed by atoms with E-state index in [2.05, 4.69) is 4.98 Å². The second-order valence-corrected chi connectivity index (χ2v) is 7.93. The van der Waals surface area contributed by atoms with Crippen LogP contribution in [0.25, 0.3) is 11.0 Å². The summed E-state index contributed by atoms with van der Waals surface area (Å²) < 4.78 is 7.33. The van der Waals surface area contributed by atoms with Crippen LogP contribution in [-0.4, -0.2) is 39.6 Å². The summed E-state index contributed by atoms with van der Waals surface area (Å²) in [5, 5.41) is 0. The zero-order valence-electron chi connectivity index (χ0n) is 18.3. The Morgan fingerprint density at radius 1 is 1.00 bits per heavy atom. The molecule has 33 heavy (non-hydrogen) atoms. The number of fused-ring (bicyclic) bond motifs is 3. The van der Waals surface area contributed by atoms with E-state index in [9.17, 15) is 9.59 Å². The molecular weight excluding hydrogens is 416 g/mol. The Balaban J connectivity index is 1.67. The highest BCUT2D eigenvalue weighted by atomic mass is 16.5. The first-order chi connectivity index (χ1) is 16.2. The van der Waals surface area contributed by atoms with Gasteiger partial charge in [-0.3, -0.25) is 24.0 Å². The van der Waals surface area contributed by atoms with Crippen LogP contribution in [0.4, 0.5) is 5.95 Å². The molecule has 4 aromatic rings. The summed E-state index contributed by atoms with van der Waals surface area (Å²) in [6.45, 7) is 2.34. The number of imidazole rings is 1. The van der Waals surface area contributed by atoms with Gasteiger partial charge in [-0.2, -0.15) is 0 Å². The standard InChI is InChI=1S/C26H24N4O3/c1-2-33-25(32)22-23(20-13-8-9-16-27-20)30-21-14-7-6-12-19(21)28-26(30)29(24(22)31)17-15-18-10-4-3-5-11-18/h3-14,16,22-23H,2,15,17H2,1H3/t22-,23-/m1/s1. The number of carbonyl (C=O) groups excluding carboxylic acids is 2. The highest BCUT2D eigenvalue weighted by molar-refractivity contribution is 6.08. The molecule has 5 rings (SSSR count). The predicted molar refractivity (Wildman–Crippen MR) is 125 cm³/mol. The summed E-state index contributed by atoms with van der Waals surface area (Å²) in [5.41, 5.74) is 3.33. The Morgan fingerprint density at radius 2 is 1.76 bits per heavy atom. The van der Waals surface area contributed by atoms with E-state index in [1.807, 2.05) is 77.4 Å². The third-order valence-corrected chi connectivity index (χ3v) is 5.94. The highest BCUT2D eigenvalue weighted by Crippen LogP contribution is 2.40. The van der Waals surface area contributed by atoms with Crippen LogP contribution in [0, 0.1) is 5.92 Å². The van der Waals surface area contributed by atoms with Gasteiger partial charge in [0.2, 0.25) is 11.9 Å². The summed E-state index contributed by atoms with van der Waals surface area (Å²) in [4.78, 5) is 37.9. The number of aromatic nitrogens is 3. The van der Waals surface area contributed by atoms with Crippen molar-refractivity contribution in [2.24, 2.45) is 5.92 Å². The lowest BCUT2D eigenvalue weighted by Crippen LogP contribution is -2.50. The summed E-state index contributed by atoms with van der Waals surface area (Å²) in [6, 6.07) is 22.5. The largest absolute Gasteiger partial charge is 0.465 e. The van der Waals surface area contributed by atoms with Gasteiger partial charge >= 0.3 is 5.97 Å². The number of hydrogen-bond donors (Lipinski definition) is 0. The Bertz CT molecular complexity index is 1290. The summed E-state index contributed by atoms with van der Waals surface area (Å²) in [7, 11) is 0. The molecule has 2 aromatic carbocycles. The molecule has 2 atom stereocenters. The van der Waals surface area contributed by atoms with Crippen LogP contribution < -0.4 is 4.90 Å². The molecule has 7 nitrogen and oxygen atoms in total. The van der Waals surface area contributed by atoms with Crippen LogP contribution in [-0.2, 0) is 20.7 Å². The van der Waals surface area contributed by atoms with Crippen LogP contribution in [0.5, 0.6) is 0 Å². The molecule has 0 saturated heterocycles. The van der Waals surface area contributed by atoms with Crippen molar-refractivity contribution >= 4 is 28.9 Å². The number of carbonyl (C=O) groups is 2. The SMILES string of the molecule is CCOC(=O)[C@H]1C(=O)N(CCc2ccccc2)c2nc3ccccc3n2[C@@H]1c1ccccn1. The molecule has 1 amide bonds. The van der Waals surface area contributed by atoms with Gasteiger partial charge in [-0.05, 0) is 43.2 Å². The molecule has 2 aromatic heterocycles. The minimum atomic E-state index is -1.05. The highest BCUT2D eigenvalue weighted by Gasteiger charge is 2.48. The van der Waals surface area contributed by atoms with Gasteiger partial charge < -0.3 is 4.74 Å². The minimum Gasteiger partial charge on any atom is -0.465 e. The Morgan fingerprint density at radius 3 is 2.52 bits per heavy atom. The molecule has 1 aliphatic heterocycles. The van der Waals surface area contributed by atoms with Crippen LogP contribution in [0.2, 0.25) is 0 Å². The van der Waals surface area contributed by atoms with Crippen molar-refractivity contribution in [2.45, 2.75) is 19.4 Å². The van der Waals surface area contributed by atoms with E-state index in [-0.39, 0.29) is 12.5 Å². The van der Waals surface area contributed by atoms with E-state index >= 15 is 0 Å². The van der Waals surface area contributed by atoms with Crippen LogP contribution in [0.3, 0.4) is 0 Å². The number of hydrogen-bond acceptors (Lipinski definition) is 5. The van der Waals surface area contributed by atoms with Crippen molar-refractivity contribution in [2.75, 3.05) is 18.1 Å². The number of esters is 1. The van der Waals surface area contributed by atoms with Gasteiger partial charge in [0.15, 0.2) is 5.92 Å². The van der Waals surface area contributed by atoms with Gasteiger partial charge in [0, 0.05) is 12.7 Å². The first-order valence-corrected chi connectivity index (χ1v) is 11.1. The molecular formula is C26H24N4O3. The van der Waals surface area contributed by atoms with Crippen LogP contribution in [0.1, 0.15) is 24.2 Å². The zero-order valence-corrected chi connectivity index (χ0v) is 18.3. The summed E-state index contributed by atoms with van der Waals surface area (Å²) >= 11 is 0. The maximum absolute atomic E-state index is 13.8. The number of ether oxygens (including phenoxy) is 1. The van der Waals surface area contributed by atoms with Gasteiger partial charge in [0.25, 0.3) is 0 Å². The number of pyridine rings is 1. The lowest BCUT2D eigenvalue weighted by Gasteiger charge is -2.37. The molecule has 0 aliphatic carbocycles. The van der Waals surface area contributed by atoms with E-state index in [1.165, 1.54) is 0 Å². The summed E-state index contributed by atoms with van der Waals surface area (Å²) in [6.07, 6.45) is 2.31. The number of anilines is 1. The number of para-hydroxylation sites is 2. The topological polar surface area (TPSA) is 77.3 Å². The molecule has 0 bridgehead atoms. The quantitative estimate of drug-likeness (QED) is 0.337. The fourth-order valence-corrected chi connectivity index (χ4v) is 4.46. The van der Waals surface area contributed by atoms with Gasteiger partial charge in [-0.1, -0.05) is 48.5 Å². The molecule has 3 heterocycles. The molecule has 0 N–H and O–H groups in total. The average molecular weight is 441 g/mol. The van der Waals surface area contributed by atoms with Crippen molar-refractivity contribution in [1.29, 1.82) is 0 Å². The predicted octanol–water partition coefficient (Wildman–Crippen LogP) is 3.79. The monoisotopic (exact) mass is 440 g/mol. The molecule has 0 spiro atoms. The molecule has 0 radical (unpaired) electrons. The number of nitrogens with zero attached hydrogens (tertiary/aromatic N) is 4. The van der Waals surface area contributed by atoms with Crippen molar-refractivity contribution in [3.8, 4) is 0 Å². The maximum Gasteiger partial charge on any atom is 0.321 e. The van der Waals surface area contributed by atoms with Crippen molar-refractivity contribution in [1.82, 2.24) is 14.5 Å². The number of rotatable bonds is 6. The Hall–Kier alpha value is -4.00. The van der Waals surface area contributed by atoms with Gasteiger partial charge in [0.05, 0.1) is 23.3 Å². The Labute approximate surface area is 191 Å².